The Morgan fingerprint density at radius 1 is 0.774 bits per heavy atom. The third kappa shape index (κ3) is 3.44. The molecule has 158 valence electrons. The maximum atomic E-state index is 6.48. The van der Waals surface area contributed by atoms with Gasteiger partial charge in [-0.15, -0.1) is 0 Å². The summed E-state index contributed by atoms with van der Waals surface area (Å²) in [5.41, 5.74) is 4.08. The van der Waals surface area contributed by atoms with Crippen LogP contribution in [0, 0.1) is 17.3 Å². The maximum Gasteiger partial charge on any atom is 0.178 e. The lowest BCUT2D eigenvalue weighted by atomic mass is 9.49. The molecular weight excluding hydrogens is 380 g/mol. The highest BCUT2D eigenvalue weighted by molar-refractivity contribution is 5.47. The summed E-state index contributed by atoms with van der Waals surface area (Å²) in [6, 6.07) is 31.1. The van der Waals surface area contributed by atoms with Gasteiger partial charge in [0, 0.05) is 0 Å². The van der Waals surface area contributed by atoms with Gasteiger partial charge in [0.1, 0.15) is 6.61 Å². The van der Waals surface area contributed by atoms with Gasteiger partial charge in [-0.3, -0.25) is 0 Å². The largest absolute Gasteiger partial charge is 0.231 e. The second-order valence-corrected chi connectivity index (χ2v) is 9.45. The molecule has 0 spiro atoms. The molecule has 0 amide bonds. The van der Waals surface area contributed by atoms with Crippen molar-refractivity contribution in [3.05, 3.63) is 119 Å². The van der Waals surface area contributed by atoms with Gasteiger partial charge in [0.15, 0.2) is 5.60 Å². The van der Waals surface area contributed by atoms with Crippen LogP contribution in [0.15, 0.2) is 103 Å². The van der Waals surface area contributed by atoms with Gasteiger partial charge in [-0.25, -0.2) is 9.78 Å². The average molecular weight is 411 g/mol. The lowest BCUT2D eigenvalue weighted by molar-refractivity contribution is -0.341. The van der Waals surface area contributed by atoms with E-state index in [4.69, 9.17) is 9.78 Å². The lowest BCUT2D eigenvalue weighted by Crippen LogP contribution is -2.48. The maximum absolute atomic E-state index is 6.48. The molecule has 0 saturated heterocycles. The van der Waals surface area contributed by atoms with Crippen LogP contribution in [0.5, 0.6) is 0 Å². The average Bonchev–Trinajstić information content (AvgIpc) is 2.83. The van der Waals surface area contributed by atoms with Gasteiger partial charge in [-0.05, 0) is 52.4 Å². The Balaban J connectivity index is 1.51. The van der Waals surface area contributed by atoms with Gasteiger partial charge in [0.05, 0.1) is 0 Å². The third-order valence-electron chi connectivity index (χ3n) is 7.53. The van der Waals surface area contributed by atoms with Gasteiger partial charge in [-0.2, -0.15) is 0 Å². The van der Waals surface area contributed by atoms with Gasteiger partial charge < -0.3 is 0 Å². The highest BCUT2D eigenvalue weighted by Gasteiger charge is 2.51. The SMILES string of the molecule is CC1(C)C2CC=C(COOC(c3ccccc3)(c3ccccc3)c3ccccc3)C1C2. The van der Waals surface area contributed by atoms with Gasteiger partial charge in [0.25, 0.3) is 0 Å². The molecular formula is C29H30O2. The molecule has 2 atom stereocenters. The summed E-state index contributed by atoms with van der Waals surface area (Å²) >= 11 is 0. The molecule has 3 aromatic carbocycles. The number of benzene rings is 3. The Hall–Kier alpha value is -2.68. The van der Waals surface area contributed by atoms with E-state index in [0.29, 0.717) is 17.9 Å². The van der Waals surface area contributed by atoms with Crippen molar-refractivity contribution < 1.29 is 9.78 Å². The summed E-state index contributed by atoms with van der Waals surface area (Å²) in [6.07, 6.45) is 4.81. The summed E-state index contributed by atoms with van der Waals surface area (Å²) < 4.78 is 0. The van der Waals surface area contributed by atoms with Crippen molar-refractivity contribution in [1.82, 2.24) is 0 Å². The quantitative estimate of drug-likeness (QED) is 0.182. The number of rotatable bonds is 7. The number of hydrogen-bond acceptors (Lipinski definition) is 2. The van der Waals surface area contributed by atoms with E-state index in [2.05, 4.69) is 92.7 Å². The Morgan fingerprint density at radius 3 is 1.68 bits per heavy atom. The highest BCUT2D eigenvalue weighted by atomic mass is 17.2. The summed E-state index contributed by atoms with van der Waals surface area (Å²) in [5.74, 6) is 1.42. The molecule has 0 heterocycles. The first-order valence-corrected chi connectivity index (χ1v) is 11.3. The first kappa shape index (κ1) is 20.2. The van der Waals surface area contributed by atoms with E-state index < -0.39 is 5.60 Å². The standard InChI is InChI=1S/C29H30O2/c1-28(2)26-19-18-22(27(28)20-26)21-30-31-29(23-12-6-3-7-13-23,24-14-8-4-9-15-24)25-16-10-5-11-17-25/h3-18,26-27H,19-21H2,1-2H3. The van der Waals surface area contributed by atoms with Crippen molar-refractivity contribution in [3.8, 4) is 0 Å². The molecule has 3 aliphatic carbocycles. The van der Waals surface area contributed by atoms with E-state index in [1.54, 1.807) is 0 Å². The minimum absolute atomic E-state index is 0.378. The van der Waals surface area contributed by atoms with Crippen LogP contribution in [-0.2, 0) is 15.4 Å². The molecule has 0 radical (unpaired) electrons. The third-order valence-corrected chi connectivity index (χ3v) is 7.53. The molecule has 2 nitrogen and oxygen atoms in total. The normalized spacial score (nSPS) is 21.8. The predicted molar refractivity (Wildman–Crippen MR) is 124 cm³/mol. The topological polar surface area (TPSA) is 18.5 Å². The van der Waals surface area contributed by atoms with Crippen LogP contribution in [0.2, 0.25) is 0 Å². The molecule has 0 aliphatic heterocycles. The molecule has 3 aromatic rings. The van der Waals surface area contributed by atoms with Crippen molar-refractivity contribution in [2.75, 3.05) is 6.61 Å². The fourth-order valence-electron chi connectivity index (χ4n) is 5.49. The minimum Gasteiger partial charge on any atom is -0.231 e. The van der Waals surface area contributed by atoms with Crippen molar-refractivity contribution in [2.24, 2.45) is 17.3 Å². The second kappa shape index (κ2) is 8.11. The Kier molecular flexibility index (Phi) is 5.29. The molecule has 2 heteroatoms. The number of allylic oxidation sites excluding steroid dienone is 1. The first-order chi connectivity index (χ1) is 15.1. The Bertz CT molecular complexity index is 941. The minimum atomic E-state index is -0.837. The van der Waals surface area contributed by atoms with E-state index in [1.165, 1.54) is 12.0 Å². The van der Waals surface area contributed by atoms with E-state index in [1.807, 2.05) is 18.2 Å². The molecule has 1 saturated carbocycles. The molecule has 0 N–H and O–H groups in total. The zero-order chi connectivity index (χ0) is 21.3. The summed E-state index contributed by atoms with van der Waals surface area (Å²) in [7, 11) is 0. The zero-order valence-electron chi connectivity index (χ0n) is 18.3. The molecule has 0 aromatic heterocycles. The van der Waals surface area contributed by atoms with Crippen LogP contribution in [0.4, 0.5) is 0 Å². The van der Waals surface area contributed by atoms with E-state index >= 15 is 0 Å². The summed E-state index contributed by atoms with van der Waals surface area (Å²) in [5, 5.41) is 0. The van der Waals surface area contributed by atoms with Crippen LogP contribution >= 0.6 is 0 Å². The van der Waals surface area contributed by atoms with Crippen molar-refractivity contribution >= 4 is 0 Å². The van der Waals surface area contributed by atoms with Gasteiger partial charge >= 0.3 is 0 Å². The van der Waals surface area contributed by atoms with Crippen molar-refractivity contribution in [1.29, 1.82) is 0 Å². The molecule has 2 bridgehead atoms. The molecule has 3 aliphatic rings. The van der Waals surface area contributed by atoms with Crippen LogP contribution in [0.25, 0.3) is 0 Å². The first-order valence-electron chi connectivity index (χ1n) is 11.3. The highest BCUT2D eigenvalue weighted by Crippen LogP contribution is 2.59. The zero-order valence-corrected chi connectivity index (χ0v) is 18.3. The molecule has 31 heavy (non-hydrogen) atoms. The van der Waals surface area contributed by atoms with Crippen LogP contribution in [-0.4, -0.2) is 6.61 Å². The smallest absolute Gasteiger partial charge is 0.178 e. The Morgan fingerprint density at radius 2 is 1.26 bits per heavy atom. The molecule has 1 fully saturated rings. The van der Waals surface area contributed by atoms with Crippen LogP contribution in [0.1, 0.15) is 43.4 Å². The summed E-state index contributed by atoms with van der Waals surface area (Å²) in [6.45, 7) is 5.29. The summed E-state index contributed by atoms with van der Waals surface area (Å²) in [4.78, 5) is 12.6. The number of hydrogen-bond donors (Lipinski definition) is 0. The molecule has 6 rings (SSSR count). The molecule has 2 unspecified atom stereocenters. The lowest BCUT2D eigenvalue weighted by Gasteiger charge is -2.56. The van der Waals surface area contributed by atoms with E-state index in [9.17, 15) is 0 Å². The van der Waals surface area contributed by atoms with Crippen molar-refractivity contribution in [2.45, 2.75) is 32.3 Å². The monoisotopic (exact) mass is 410 g/mol. The van der Waals surface area contributed by atoms with Gasteiger partial charge in [0.2, 0.25) is 0 Å². The predicted octanol–water partition coefficient (Wildman–Crippen LogP) is 6.92. The second-order valence-electron chi connectivity index (χ2n) is 9.45. The fraction of sp³-hybridized carbons (Fsp3) is 0.310. The Labute approximate surface area is 185 Å². The van der Waals surface area contributed by atoms with E-state index in [0.717, 1.165) is 29.0 Å². The van der Waals surface area contributed by atoms with Gasteiger partial charge in [-0.1, -0.05) is 111 Å². The van der Waals surface area contributed by atoms with Crippen LogP contribution < -0.4 is 0 Å². The van der Waals surface area contributed by atoms with E-state index in [-0.39, 0.29) is 0 Å². The van der Waals surface area contributed by atoms with Crippen LogP contribution in [0.3, 0.4) is 0 Å². The van der Waals surface area contributed by atoms with Crippen molar-refractivity contribution in [3.63, 3.8) is 0 Å². The number of fused-ring (bicyclic) bond motifs is 1. The fourth-order valence-corrected chi connectivity index (χ4v) is 5.49.